The summed E-state index contributed by atoms with van der Waals surface area (Å²) < 4.78 is 28.1. The van der Waals surface area contributed by atoms with Crippen LogP contribution < -0.4 is 10.9 Å². The van der Waals surface area contributed by atoms with Gasteiger partial charge in [0, 0.05) is 40.5 Å². The molecule has 4 rings (SSSR count). The molecule has 9 heteroatoms. The molecule has 3 aromatic heterocycles. The van der Waals surface area contributed by atoms with Crippen LogP contribution in [0.4, 0.5) is 13.9 Å². The maximum Gasteiger partial charge on any atom is 0.257 e. The van der Waals surface area contributed by atoms with Crippen LogP contribution in [0.25, 0.3) is 11.4 Å². The number of anilines is 1. The van der Waals surface area contributed by atoms with Crippen molar-refractivity contribution in [3.05, 3.63) is 98.4 Å². The Bertz CT molecular complexity index is 1380. The zero-order valence-electron chi connectivity index (χ0n) is 17.2. The highest BCUT2D eigenvalue weighted by molar-refractivity contribution is 7.14. The highest BCUT2D eigenvalue weighted by Gasteiger charge is 2.13. The lowest BCUT2D eigenvalue weighted by Gasteiger charge is -2.08. The molecule has 0 unspecified atom stereocenters. The summed E-state index contributed by atoms with van der Waals surface area (Å²) in [5, 5.41) is 4.85. The van der Waals surface area contributed by atoms with Gasteiger partial charge in [0.15, 0.2) is 5.13 Å². The number of nitrogens with zero attached hydrogens (tertiary/aromatic N) is 3. The van der Waals surface area contributed by atoms with Gasteiger partial charge < -0.3 is 4.57 Å². The third-order valence-electron chi connectivity index (χ3n) is 4.95. The number of amides is 1. The summed E-state index contributed by atoms with van der Waals surface area (Å²) in [6.45, 7) is 3.81. The van der Waals surface area contributed by atoms with Crippen LogP contribution in [-0.4, -0.2) is 20.4 Å². The van der Waals surface area contributed by atoms with Crippen molar-refractivity contribution in [2.75, 3.05) is 5.32 Å². The van der Waals surface area contributed by atoms with Crippen molar-refractivity contribution in [3.8, 4) is 11.4 Å². The molecule has 1 amide bonds. The second-order valence-corrected chi connectivity index (χ2v) is 8.07. The van der Waals surface area contributed by atoms with E-state index in [4.69, 9.17) is 0 Å². The minimum Gasteiger partial charge on any atom is -0.311 e. The lowest BCUT2D eigenvalue weighted by atomic mass is 10.2. The molecule has 3 heterocycles. The molecule has 6 nitrogen and oxygen atoms in total. The fourth-order valence-electron chi connectivity index (χ4n) is 3.00. The Balaban J connectivity index is 1.48. The Morgan fingerprint density at radius 3 is 2.59 bits per heavy atom. The van der Waals surface area contributed by atoms with Gasteiger partial charge in [0.05, 0.1) is 12.2 Å². The minimum atomic E-state index is -0.739. The molecule has 0 aliphatic carbocycles. The highest BCUT2D eigenvalue weighted by atomic mass is 32.1. The standard InChI is InChI=1S/C23H18F2N4O2S/c1-13-3-6-19(26-14(13)2)20-12-32-23(27-20)28-22(31)15-7-8-29(21(30)9-15)11-16-4-5-17(24)10-18(16)25/h3-10,12H,11H2,1-2H3,(H,27,28,31). The molecule has 162 valence electrons. The van der Waals surface area contributed by atoms with Crippen LogP contribution in [0.5, 0.6) is 0 Å². The molecular weight excluding hydrogens is 434 g/mol. The average molecular weight is 452 g/mol. The maximum atomic E-state index is 13.9. The largest absolute Gasteiger partial charge is 0.311 e. The van der Waals surface area contributed by atoms with Crippen molar-refractivity contribution in [3.63, 3.8) is 0 Å². The molecule has 32 heavy (non-hydrogen) atoms. The van der Waals surface area contributed by atoms with E-state index >= 15 is 0 Å². The average Bonchev–Trinajstić information content (AvgIpc) is 3.21. The highest BCUT2D eigenvalue weighted by Crippen LogP contribution is 2.24. The van der Waals surface area contributed by atoms with E-state index < -0.39 is 23.1 Å². The number of thiazole rings is 1. The van der Waals surface area contributed by atoms with Crippen molar-refractivity contribution < 1.29 is 13.6 Å². The van der Waals surface area contributed by atoms with Crippen LogP contribution in [0.15, 0.2) is 58.8 Å². The van der Waals surface area contributed by atoms with E-state index in [0.29, 0.717) is 16.5 Å². The number of hydrogen-bond acceptors (Lipinski definition) is 5. The number of aromatic nitrogens is 3. The minimum absolute atomic E-state index is 0.0777. The smallest absolute Gasteiger partial charge is 0.257 e. The van der Waals surface area contributed by atoms with Gasteiger partial charge in [-0.15, -0.1) is 11.3 Å². The van der Waals surface area contributed by atoms with Crippen molar-refractivity contribution in [2.45, 2.75) is 20.4 Å². The lowest BCUT2D eigenvalue weighted by molar-refractivity contribution is 0.102. The first-order valence-corrected chi connectivity index (χ1v) is 10.5. The summed E-state index contributed by atoms with van der Waals surface area (Å²) >= 11 is 1.25. The molecule has 0 fully saturated rings. The summed E-state index contributed by atoms with van der Waals surface area (Å²) in [4.78, 5) is 33.9. The van der Waals surface area contributed by atoms with Crippen LogP contribution in [0.2, 0.25) is 0 Å². The topological polar surface area (TPSA) is 76.9 Å². The fourth-order valence-corrected chi connectivity index (χ4v) is 3.70. The number of rotatable bonds is 5. The first-order chi connectivity index (χ1) is 15.3. The number of carbonyl (C=O) groups excluding carboxylic acids is 1. The number of hydrogen-bond donors (Lipinski definition) is 1. The number of pyridine rings is 2. The van der Waals surface area contributed by atoms with Crippen molar-refractivity contribution in [1.82, 2.24) is 14.5 Å². The van der Waals surface area contributed by atoms with E-state index in [1.165, 1.54) is 34.2 Å². The van der Waals surface area contributed by atoms with Crippen LogP contribution in [0.1, 0.15) is 27.2 Å². The van der Waals surface area contributed by atoms with Gasteiger partial charge in [-0.2, -0.15) is 0 Å². The lowest BCUT2D eigenvalue weighted by Crippen LogP contribution is -2.23. The molecule has 0 saturated heterocycles. The van der Waals surface area contributed by atoms with Crippen LogP contribution in [-0.2, 0) is 6.54 Å². The van der Waals surface area contributed by atoms with Gasteiger partial charge in [-0.05, 0) is 37.6 Å². The normalized spacial score (nSPS) is 10.9. The van der Waals surface area contributed by atoms with Crippen molar-refractivity contribution in [1.29, 1.82) is 0 Å². The first kappa shape index (κ1) is 21.5. The van der Waals surface area contributed by atoms with E-state index in [1.807, 2.05) is 26.0 Å². The number of benzene rings is 1. The van der Waals surface area contributed by atoms with E-state index in [0.717, 1.165) is 29.5 Å². The Labute approximate surface area is 186 Å². The molecule has 4 aromatic rings. The predicted molar refractivity (Wildman–Crippen MR) is 119 cm³/mol. The van der Waals surface area contributed by atoms with Crippen molar-refractivity contribution in [2.24, 2.45) is 0 Å². The molecular formula is C23H18F2N4O2S. The van der Waals surface area contributed by atoms with Gasteiger partial charge in [-0.25, -0.2) is 13.8 Å². The third-order valence-corrected chi connectivity index (χ3v) is 5.71. The van der Waals surface area contributed by atoms with Gasteiger partial charge in [-0.1, -0.05) is 12.1 Å². The summed E-state index contributed by atoms with van der Waals surface area (Å²) in [6.07, 6.45) is 1.40. The van der Waals surface area contributed by atoms with Crippen molar-refractivity contribution >= 4 is 22.4 Å². The third kappa shape index (κ3) is 4.62. The van der Waals surface area contributed by atoms with Gasteiger partial charge >= 0.3 is 0 Å². The number of aryl methyl sites for hydroxylation is 2. The molecule has 0 aliphatic rings. The number of nitrogens with one attached hydrogen (secondary N) is 1. The van der Waals surface area contributed by atoms with E-state index in [9.17, 15) is 18.4 Å². The Morgan fingerprint density at radius 2 is 1.88 bits per heavy atom. The maximum absolute atomic E-state index is 13.9. The molecule has 0 atom stereocenters. The van der Waals surface area contributed by atoms with Crippen LogP contribution in [0.3, 0.4) is 0 Å². The Hall–Kier alpha value is -3.72. The SMILES string of the molecule is Cc1ccc(-c2csc(NC(=O)c3ccn(Cc4ccc(F)cc4F)c(=O)c3)n2)nc1C. The van der Waals surface area contributed by atoms with Crippen LogP contribution in [0, 0.1) is 25.5 Å². The second kappa shape index (κ2) is 8.80. The number of carbonyl (C=O) groups is 1. The van der Waals surface area contributed by atoms with E-state index in [1.54, 1.807) is 5.38 Å². The van der Waals surface area contributed by atoms with Gasteiger partial charge in [0.25, 0.3) is 11.5 Å². The summed E-state index contributed by atoms with van der Waals surface area (Å²) in [7, 11) is 0. The quantitative estimate of drug-likeness (QED) is 0.482. The zero-order valence-corrected chi connectivity index (χ0v) is 18.0. The van der Waals surface area contributed by atoms with E-state index in [2.05, 4.69) is 15.3 Å². The van der Waals surface area contributed by atoms with Gasteiger partial charge in [-0.3, -0.25) is 19.9 Å². The van der Waals surface area contributed by atoms with E-state index in [-0.39, 0.29) is 17.7 Å². The molecule has 0 radical (unpaired) electrons. The predicted octanol–water partition coefficient (Wildman–Crippen LogP) is 4.56. The molecule has 0 aliphatic heterocycles. The molecule has 1 aromatic carbocycles. The molecule has 0 bridgehead atoms. The summed E-state index contributed by atoms with van der Waals surface area (Å²) in [5.41, 5.74) is 3.16. The number of halogens is 2. The fraction of sp³-hybridized carbons (Fsp3) is 0.130. The van der Waals surface area contributed by atoms with Crippen LogP contribution >= 0.6 is 11.3 Å². The Kier molecular flexibility index (Phi) is 5.91. The van der Waals surface area contributed by atoms with Gasteiger partial charge in [0.2, 0.25) is 0 Å². The monoisotopic (exact) mass is 452 g/mol. The zero-order chi connectivity index (χ0) is 22.8. The molecule has 0 saturated carbocycles. The molecule has 0 spiro atoms. The molecule has 1 N–H and O–H groups in total. The summed E-state index contributed by atoms with van der Waals surface area (Å²) in [5.74, 6) is -1.92. The first-order valence-electron chi connectivity index (χ1n) is 9.66. The second-order valence-electron chi connectivity index (χ2n) is 7.21. The summed E-state index contributed by atoms with van der Waals surface area (Å²) in [6, 6.07) is 9.61. The Morgan fingerprint density at radius 1 is 1.06 bits per heavy atom. The van der Waals surface area contributed by atoms with Gasteiger partial charge in [0.1, 0.15) is 17.3 Å².